The van der Waals surface area contributed by atoms with Crippen LogP contribution in [0.1, 0.15) is 19.8 Å². The molecule has 5 heteroatoms. The van der Waals surface area contributed by atoms with Crippen molar-refractivity contribution in [1.29, 1.82) is 0 Å². The fourth-order valence-electron chi connectivity index (χ4n) is 1.02. The van der Waals surface area contributed by atoms with Gasteiger partial charge in [0.1, 0.15) is 0 Å². The predicted molar refractivity (Wildman–Crippen MR) is 52.3 cm³/mol. The molecule has 2 atom stereocenters. The highest BCUT2D eigenvalue weighted by molar-refractivity contribution is 8.00. The van der Waals surface area contributed by atoms with E-state index in [1.807, 2.05) is 6.92 Å². The zero-order valence-corrected chi connectivity index (χ0v) is 8.39. The molecule has 1 saturated heterocycles. The van der Waals surface area contributed by atoms with Crippen LogP contribution in [0.4, 0.5) is 0 Å². The molecule has 0 aromatic carbocycles. The van der Waals surface area contributed by atoms with Crippen LogP contribution in [0.2, 0.25) is 0 Å². The van der Waals surface area contributed by atoms with Crippen LogP contribution in [0.5, 0.6) is 0 Å². The van der Waals surface area contributed by atoms with Gasteiger partial charge < -0.3 is 5.73 Å². The van der Waals surface area contributed by atoms with E-state index in [0.717, 1.165) is 12.2 Å². The Kier molecular flexibility index (Phi) is 3.74. The lowest BCUT2D eigenvalue weighted by molar-refractivity contribution is -0.124. The van der Waals surface area contributed by atoms with Crippen LogP contribution in [0, 0.1) is 0 Å². The Morgan fingerprint density at radius 1 is 1.69 bits per heavy atom. The maximum absolute atomic E-state index is 11.1. The second kappa shape index (κ2) is 4.62. The summed E-state index contributed by atoms with van der Waals surface area (Å²) in [5.74, 6) is 0.396. The average Bonchev–Trinajstić information content (AvgIpc) is 2.41. The molecule has 2 amide bonds. The minimum Gasteiger partial charge on any atom is -0.327 e. The van der Waals surface area contributed by atoms with Crippen LogP contribution in [0.3, 0.4) is 0 Å². The Morgan fingerprint density at radius 3 is 2.85 bits per heavy atom. The van der Waals surface area contributed by atoms with Gasteiger partial charge in [-0.25, -0.2) is 0 Å². The van der Waals surface area contributed by atoms with Gasteiger partial charge >= 0.3 is 0 Å². The summed E-state index contributed by atoms with van der Waals surface area (Å²) in [6.45, 7) is 2.01. The highest BCUT2D eigenvalue weighted by Crippen LogP contribution is 2.20. The highest BCUT2D eigenvalue weighted by Gasteiger charge is 2.30. The van der Waals surface area contributed by atoms with E-state index in [1.165, 1.54) is 11.8 Å². The van der Waals surface area contributed by atoms with E-state index in [2.05, 4.69) is 5.32 Å². The summed E-state index contributed by atoms with van der Waals surface area (Å²) in [5.41, 5.74) is 5.69. The summed E-state index contributed by atoms with van der Waals surface area (Å²) in [6, 6.07) is 0.119. The third-order valence-electron chi connectivity index (χ3n) is 1.96. The topological polar surface area (TPSA) is 72.2 Å². The number of carbonyl (C=O) groups excluding carboxylic acids is 2. The summed E-state index contributed by atoms with van der Waals surface area (Å²) in [4.78, 5) is 21.9. The molecule has 1 heterocycles. The van der Waals surface area contributed by atoms with Gasteiger partial charge in [0.15, 0.2) is 0 Å². The van der Waals surface area contributed by atoms with Gasteiger partial charge in [0.2, 0.25) is 11.8 Å². The van der Waals surface area contributed by atoms with Crippen molar-refractivity contribution >= 4 is 23.6 Å². The first-order valence-electron chi connectivity index (χ1n) is 4.34. The first kappa shape index (κ1) is 10.5. The molecule has 0 aromatic heterocycles. The summed E-state index contributed by atoms with van der Waals surface area (Å²) >= 11 is 1.47. The Labute approximate surface area is 81.6 Å². The van der Waals surface area contributed by atoms with Gasteiger partial charge in [-0.3, -0.25) is 14.9 Å². The molecular weight excluding hydrogens is 188 g/mol. The van der Waals surface area contributed by atoms with E-state index in [-0.39, 0.29) is 23.1 Å². The fourth-order valence-corrected chi connectivity index (χ4v) is 2.22. The van der Waals surface area contributed by atoms with Gasteiger partial charge in [-0.2, -0.15) is 0 Å². The standard InChI is InChI=1S/C8H14N2O2S/c1-2-5(9)4-13-6-3-7(11)10-8(6)12/h5-6H,2-4,9H2,1H3,(H,10,11,12). The van der Waals surface area contributed by atoms with Crippen LogP contribution in [-0.4, -0.2) is 28.9 Å². The Hall–Kier alpha value is -0.550. The largest absolute Gasteiger partial charge is 0.327 e. The van der Waals surface area contributed by atoms with E-state index >= 15 is 0 Å². The molecule has 0 spiro atoms. The third kappa shape index (κ3) is 3.00. The SMILES string of the molecule is CCC(N)CSC1CC(=O)NC1=O. The molecule has 0 bridgehead atoms. The molecule has 0 saturated carbocycles. The summed E-state index contributed by atoms with van der Waals surface area (Å²) < 4.78 is 0. The van der Waals surface area contributed by atoms with Crippen LogP contribution in [0.25, 0.3) is 0 Å². The van der Waals surface area contributed by atoms with Gasteiger partial charge in [-0.05, 0) is 6.42 Å². The number of nitrogens with two attached hydrogens (primary N) is 1. The number of amides is 2. The lowest BCUT2D eigenvalue weighted by Crippen LogP contribution is -2.26. The average molecular weight is 202 g/mol. The third-order valence-corrected chi connectivity index (χ3v) is 3.37. The van der Waals surface area contributed by atoms with Crippen molar-refractivity contribution < 1.29 is 9.59 Å². The smallest absolute Gasteiger partial charge is 0.240 e. The zero-order valence-electron chi connectivity index (χ0n) is 7.58. The van der Waals surface area contributed by atoms with Crippen LogP contribution < -0.4 is 11.1 Å². The van der Waals surface area contributed by atoms with Gasteiger partial charge in [0.25, 0.3) is 0 Å². The molecule has 0 aromatic rings. The van der Waals surface area contributed by atoms with E-state index in [9.17, 15) is 9.59 Å². The molecule has 1 aliphatic heterocycles. The van der Waals surface area contributed by atoms with E-state index < -0.39 is 0 Å². The van der Waals surface area contributed by atoms with Crippen LogP contribution in [-0.2, 0) is 9.59 Å². The van der Waals surface area contributed by atoms with Crippen LogP contribution in [0.15, 0.2) is 0 Å². The molecule has 74 valence electrons. The molecule has 0 aliphatic carbocycles. The summed E-state index contributed by atoms with van der Waals surface area (Å²) in [6.07, 6.45) is 1.20. The van der Waals surface area contributed by atoms with Gasteiger partial charge in [0, 0.05) is 18.2 Å². The second-order valence-electron chi connectivity index (χ2n) is 3.11. The molecule has 2 unspecified atom stereocenters. The zero-order chi connectivity index (χ0) is 9.84. The minimum atomic E-state index is -0.218. The normalized spacial score (nSPS) is 24.6. The predicted octanol–water partition coefficient (Wildman–Crippen LogP) is -0.128. The molecule has 0 radical (unpaired) electrons. The molecule has 4 nitrogen and oxygen atoms in total. The van der Waals surface area contributed by atoms with Crippen molar-refractivity contribution in [2.24, 2.45) is 5.73 Å². The van der Waals surface area contributed by atoms with Gasteiger partial charge in [0.05, 0.1) is 5.25 Å². The quantitative estimate of drug-likeness (QED) is 0.623. The minimum absolute atomic E-state index is 0.119. The Morgan fingerprint density at radius 2 is 2.38 bits per heavy atom. The van der Waals surface area contributed by atoms with Crippen molar-refractivity contribution in [2.75, 3.05) is 5.75 Å². The maximum atomic E-state index is 11.1. The molecular formula is C8H14N2O2S. The highest BCUT2D eigenvalue weighted by atomic mass is 32.2. The number of nitrogens with one attached hydrogen (secondary N) is 1. The number of carbonyl (C=O) groups is 2. The fraction of sp³-hybridized carbons (Fsp3) is 0.750. The summed E-state index contributed by atoms with van der Waals surface area (Å²) in [7, 11) is 0. The molecule has 1 fully saturated rings. The number of hydrogen-bond acceptors (Lipinski definition) is 4. The summed E-state index contributed by atoms with van der Waals surface area (Å²) in [5, 5.41) is 2.05. The Bertz CT molecular complexity index is 220. The van der Waals surface area contributed by atoms with Crippen molar-refractivity contribution in [3.05, 3.63) is 0 Å². The maximum Gasteiger partial charge on any atom is 0.240 e. The van der Waals surface area contributed by atoms with Crippen LogP contribution >= 0.6 is 11.8 Å². The van der Waals surface area contributed by atoms with E-state index in [0.29, 0.717) is 6.42 Å². The van der Waals surface area contributed by atoms with Crippen molar-refractivity contribution in [1.82, 2.24) is 5.32 Å². The monoisotopic (exact) mass is 202 g/mol. The van der Waals surface area contributed by atoms with Crippen molar-refractivity contribution in [2.45, 2.75) is 31.1 Å². The van der Waals surface area contributed by atoms with Crippen molar-refractivity contribution in [3.63, 3.8) is 0 Å². The number of thioether (sulfide) groups is 1. The first-order chi connectivity index (χ1) is 6.13. The lowest BCUT2D eigenvalue weighted by Gasteiger charge is -2.10. The second-order valence-corrected chi connectivity index (χ2v) is 4.34. The van der Waals surface area contributed by atoms with Gasteiger partial charge in [-0.15, -0.1) is 11.8 Å². The first-order valence-corrected chi connectivity index (χ1v) is 5.39. The number of hydrogen-bond donors (Lipinski definition) is 2. The van der Waals surface area contributed by atoms with Gasteiger partial charge in [-0.1, -0.05) is 6.92 Å². The number of imide groups is 1. The van der Waals surface area contributed by atoms with E-state index in [1.54, 1.807) is 0 Å². The van der Waals surface area contributed by atoms with Crippen molar-refractivity contribution in [3.8, 4) is 0 Å². The molecule has 13 heavy (non-hydrogen) atoms. The van der Waals surface area contributed by atoms with E-state index in [4.69, 9.17) is 5.73 Å². The number of rotatable bonds is 4. The molecule has 1 rings (SSSR count). The Balaban J connectivity index is 2.29. The molecule has 3 N–H and O–H groups in total. The molecule has 1 aliphatic rings. The lowest BCUT2D eigenvalue weighted by atomic mass is 10.3.